The van der Waals surface area contributed by atoms with Crippen LogP contribution in [0.15, 0.2) is 95.3 Å². The van der Waals surface area contributed by atoms with Gasteiger partial charge in [-0.2, -0.15) is 15.1 Å². The molecule has 0 saturated carbocycles. The second-order valence-corrected chi connectivity index (χ2v) is 8.01. The molecule has 0 aliphatic carbocycles. The minimum absolute atomic E-state index is 0.123. The zero-order valence-electron chi connectivity index (χ0n) is 16.4. The van der Waals surface area contributed by atoms with Gasteiger partial charge in [0.2, 0.25) is 11.8 Å². The Kier molecular flexibility index (Phi) is 5.49. The lowest BCUT2D eigenvalue weighted by atomic mass is 9.75. The summed E-state index contributed by atoms with van der Waals surface area (Å²) >= 11 is 1.47. The summed E-state index contributed by atoms with van der Waals surface area (Å²) < 4.78 is 1.87. The van der Waals surface area contributed by atoms with Crippen molar-refractivity contribution in [2.24, 2.45) is 0 Å². The van der Waals surface area contributed by atoms with Crippen LogP contribution in [0.2, 0.25) is 0 Å². The van der Waals surface area contributed by atoms with Crippen LogP contribution in [-0.2, 0) is 5.72 Å². The number of rotatable bonds is 4. The van der Waals surface area contributed by atoms with Gasteiger partial charge >= 0.3 is 0 Å². The highest BCUT2D eigenvalue weighted by Crippen LogP contribution is 2.48. The Bertz CT molecular complexity index is 1250. The van der Waals surface area contributed by atoms with Gasteiger partial charge in [0, 0.05) is 22.6 Å². The summed E-state index contributed by atoms with van der Waals surface area (Å²) in [5, 5.41) is 44.4. The fourth-order valence-corrected chi connectivity index (χ4v) is 4.91. The number of allylic oxidation sites excluding steroid dienone is 2. The molecule has 0 saturated heterocycles. The Morgan fingerprint density at radius 3 is 2.35 bits per heavy atom. The van der Waals surface area contributed by atoms with Gasteiger partial charge in [0.05, 0.1) is 23.3 Å². The molecule has 6 nitrogen and oxygen atoms in total. The van der Waals surface area contributed by atoms with Gasteiger partial charge in [-0.05, 0) is 17.3 Å². The topological polar surface area (TPSA) is 108 Å². The van der Waals surface area contributed by atoms with Crippen LogP contribution in [0.4, 0.5) is 0 Å². The summed E-state index contributed by atoms with van der Waals surface area (Å²) in [6, 6.07) is 22.0. The van der Waals surface area contributed by atoms with E-state index in [9.17, 15) is 15.6 Å². The third-order valence-corrected chi connectivity index (χ3v) is 6.33. The summed E-state index contributed by atoms with van der Waals surface area (Å²) in [7, 11) is 0. The highest BCUT2D eigenvalue weighted by molar-refractivity contribution is 7.10. The number of nitrogens with one attached hydrogen (secondary N) is 2. The summed E-state index contributed by atoms with van der Waals surface area (Å²) in [5.41, 5.74) is -0.826. The van der Waals surface area contributed by atoms with Gasteiger partial charge in [0.15, 0.2) is 12.4 Å². The molecule has 31 heavy (non-hydrogen) atoms. The van der Waals surface area contributed by atoms with E-state index in [1.807, 2.05) is 76.9 Å². The third kappa shape index (κ3) is 3.44. The summed E-state index contributed by atoms with van der Waals surface area (Å²) in [6.45, 7) is 0. The standard InChI is InChI=1S/C24H18N5OS/c25-14-17(15-26)22-19(16-27)21(20-10-7-13-31-20)23(29-11-5-2-6-12-29)24(30,28-22)18-8-3-1-4-9-18/h1-13,21,23,25,28,30H/q+1/t21-,23-,24-/m0/s1. The molecule has 1 aliphatic rings. The van der Waals surface area contributed by atoms with E-state index in [1.165, 1.54) is 11.3 Å². The van der Waals surface area contributed by atoms with Crippen LogP contribution in [0.5, 0.6) is 0 Å². The zero-order valence-corrected chi connectivity index (χ0v) is 17.2. The molecule has 1 aromatic carbocycles. The molecule has 0 bridgehead atoms. The van der Waals surface area contributed by atoms with E-state index in [-0.39, 0.29) is 16.8 Å². The lowest BCUT2D eigenvalue weighted by Gasteiger charge is -2.42. The van der Waals surface area contributed by atoms with Crippen LogP contribution < -0.4 is 9.88 Å². The van der Waals surface area contributed by atoms with E-state index in [4.69, 9.17) is 5.41 Å². The Morgan fingerprint density at radius 2 is 1.77 bits per heavy atom. The maximum atomic E-state index is 12.2. The van der Waals surface area contributed by atoms with Crippen LogP contribution in [0.25, 0.3) is 0 Å². The number of thiophene rings is 1. The molecular formula is C24H18N5OS+. The number of hydrogen-bond donors (Lipinski definition) is 3. The average molecular weight is 425 g/mol. The molecule has 3 atom stereocenters. The summed E-state index contributed by atoms with van der Waals surface area (Å²) in [5.74, 6) is 1.56. The second-order valence-electron chi connectivity index (χ2n) is 7.03. The molecule has 0 radical (unpaired) electrons. The van der Waals surface area contributed by atoms with Gasteiger partial charge in [-0.25, -0.2) is 0 Å². The Labute approximate surface area is 183 Å². The minimum atomic E-state index is -1.67. The first-order valence-electron chi connectivity index (χ1n) is 9.53. The third-order valence-electron chi connectivity index (χ3n) is 5.37. The van der Waals surface area contributed by atoms with Crippen molar-refractivity contribution in [3.63, 3.8) is 0 Å². The van der Waals surface area contributed by atoms with Crippen LogP contribution in [0.3, 0.4) is 0 Å². The number of nitriles is 2. The number of pyridine rings is 1. The quantitative estimate of drug-likeness (QED) is 0.339. The molecule has 3 heterocycles. The first-order valence-corrected chi connectivity index (χ1v) is 10.4. The minimum Gasteiger partial charge on any atom is -0.362 e. The molecule has 150 valence electrons. The van der Waals surface area contributed by atoms with Gasteiger partial charge in [-0.3, -0.25) is 5.41 Å². The molecule has 3 N–H and O–H groups in total. The van der Waals surface area contributed by atoms with Crippen molar-refractivity contribution in [1.82, 2.24) is 5.32 Å². The number of hydrogen-bond acceptors (Lipinski definition) is 6. The van der Waals surface area contributed by atoms with Crippen molar-refractivity contribution in [1.29, 1.82) is 15.9 Å². The highest BCUT2D eigenvalue weighted by atomic mass is 32.1. The first kappa shape index (κ1) is 20.3. The SMILES string of the molecule is N#CC(=C=N)C1=C(C#N)[C@@H](c2cccs2)[C@H]([n+]2ccccc2)[C@@](O)(c2ccccc2)N1. The van der Waals surface area contributed by atoms with Crippen molar-refractivity contribution >= 4 is 17.2 Å². The smallest absolute Gasteiger partial charge is 0.227 e. The van der Waals surface area contributed by atoms with Crippen LogP contribution >= 0.6 is 11.3 Å². The van der Waals surface area contributed by atoms with Crippen LogP contribution in [0.1, 0.15) is 22.4 Å². The Morgan fingerprint density at radius 1 is 1.06 bits per heavy atom. The molecule has 0 fully saturated rings. The van der Waals surface area contributed by atoms with Crippen LogP contribution in [0, 0.1) is 28.1 Å². The van der Waals surface area contributed by atoms with Gasteiger partial charge < -0.3 is 10.4 Å². The maximum absolute atomic E-state index is 12.2. The lowest BCUT2D eigenvalue weighted by molar-refractivity contribution is -0.743. The molecule has 0 spiro atoms. The fraction of sp³-hybridized carbons (Fsp3) is 0.125. The fourth-order valence-electron chi connectivity index (χ4n) is 4.04. The number of nitrogens with zero attached hydrogens (tertiary/aromatic N) is 3. The normalized spacial score (nSPS) is 22.5. The van der Waals surface area contributed by atoms with Crippen molar-refractivity contribution in [2.45, 2.75) is 17.7 Å². The van der Waals surface area contributed by atoms with Gasteiger partial charge in [0.25, 0.3) is 0 Å². The second kappa shape index (κ2) is 8.39. The number of benzene rings is 1. The Balaban J connectivity index is 2.09. The van der Waals surface area contributed by atoms with Crippen molar-refractivity contribution in [3.05, 3.63) is 106 Å². The van der Waals surface area contributed by atoms with E-state index in [1.54, 1.807) is 12.1 Å². The van der Waals surface area contributed by atoms with E-state index < -0.39 is 17.7 Å². The lowest BCUT2D eigenvalue weighted by Crippen LogP contribution is -2.62. The van der Waals surface area contributed by atoms with Crippen LogP contribution in [-0.4, -0.2) is 11.0 Å². The molecular weight excluding hydrogens is 406 g/mol. The highest BCUT2D eigenvalue weighted by Gasteiger charge is 2.56. The summed E-state index contributed by atoms with van der Waals surface area (Å²) in [6.07, 6.45) is 3.69. The maximum Gasteiger partial charge on any atom is 0.227 e. The van der Waals surface area contributed by atoms with E-state index in [2.05, 4.69) is 17.3 Å². The zero-order chi connectivity index (χ0) is 21.8. The van der Waals surface area contributed by atoms with Crippen molar-refractivity contribution in [2.75, 3.05) is 0 Å². The first-order chi connectivity index (χ1) is 15.1. The van der Waals surface area contributed by atoms with E-state index >= 15 is 0 Å². The monoisotopic (exact) mass is 424 g/mol. The summed E-state index contributed by atoms with van der Waals surface area (Å²) in [4.78, 5) is 0.869. The molecule has 0 unspecified atom stereocenters. The molecule has 1 aliphatic heterocycles. The average Bonchev–Trinajstić information content (AvgIpc) is 3.35. The largest absolute Gasteiger partial charge is 0.362 e. The molecule has 4 rings (SSSR count). The van der Waals surface area contributed by atoms with Gasteiger partial charge in [-0.1, -0.05) is 42.5 Å². The molecule has 0 amide bonds. The van der Waals surface area contributed by atoms with E-state index in [0.29, 0.717) is 5.56 Å². The van der Waals surface area contributed by atoms with Crippen molar-refractivity contribution in [3.8, 4) is 12.1 Å². The predicted octanol–water partition coefficient (Wildman–Crippen LogP) is 3.29. The Hall–Kier alpha value is -4.00. The van der Waals surface area contributed by atoms with E-state index in [0.717, 1.165) is 4.88 Å². The van der Waals surface area contributed by atoms with Gasteiger partial charge in [0.1, 0.15) is 11.6 Å². The number of aliphatic hydroxyl groups is 1. The number of aromatic nitrogens is 1. The molecule has 2 aromatic heterocycles. The predicted molar refractivity (Wildman–Crippen MR) is 116 cm³/mol. The molecule has 7 heteroatoms. The van der Waals surface area contributed by atoms with Crippen molar-refractivity contribution < 1.29 is 9.67 Å². The molecule has 3 aromatic rings. The van der Waals surface area contributed by atoms with Gasteiger partial charge in [-0.15, -0.1) is 11.3 Å².